The maximum atomic E-state index is 12.0. The van der Waals surface area contributed by atoms with Crippen LogP contribution in [0.1, 0.15) is 27.7 Å². The van der Waals surface area contributed by atoms with Gasteiger partial charge in [0.2, 0.25) is 0 Å². The van der Waals surface area contributed by atoms with Crippen LogP contribution >= 0.6 is 0 Å². The van der Waals surface area contributed by atoms with Gasteiger partial charge in [0.15, 0.2) is 0 Å². The van der Waals surface area contributed by atoms with Gasteiger partial charge in [0.25, 0.3) is 0 Å². The summed E-state index contributed by atoms with van der Waals surface area (Å²) in [6.07, 6.45) is 0.114. The van der Waals surface area contributed by atoms with Crippen LogP contribution in [0, 0.1) is 0 Å². The van der Waals surface area contributed by atoms with Crippen molar-refractivity contribution in [2.45, 2.75) is 39.4 Å². The van der Waals surface area contributed by atoms with E-state index in [1.807, 2.05) is 39.6 Å². The lowest BCUT2D eigenvalue weighted by Crippen LogP contribution is -2.56. The largest absolute Gasteiger partial charge is 0.369 e. The number of hydrogen-bond acceptors (Lipinski definition) is 2. The molecule has 1 rings (SSSR count). The van der Waals surface area contributed by atoms with Gasteiger partial charge in [0.1, 0.15) is 0 Å². The van der Waals surface area contributed by atoms with Gasteiger partial charge in [0.05, 0.1) is 18.2 Å². The molecule has 1 fully saturated rings. The molecule has 0 spiro atoms. The maximum absolute atomic E-state index is 12.0. The molecule has 1 unspecified atom stereocenters. The van der Waals surface area contributed by atoms with Crippen molar-refractivity contribution in [3.63, 3.8) is 0 Å². The summed E-state index contributed by atoms with van der Waals surface area (Å²) in [6, 6.07) is 0.0979. The maximum Gasteiger partial charge on any atom is 0.319 e. The fourth-order valence-corrected chi connectivity index (χ4v) is 1.98. The first-order valence-corrected chi connectivity index (χ1v) is 5.53. The van der Waals surface area contributed by atoms with Crippen LogP contribution in [0.2, 0.25) is 0 Å². The summed E-state index contributed by atoms with van der Waals surface area (Å²) in [5.74, 6) is 0. The van der Waals surface area contributed by atoms with E-state index in [-0.39, 0.29) is 17.7 Å². The molecule has 4 nitrogen and oxygen atoms in total. The van der Waals surface area contributed by atoms with Gasteiger partial charge in [-0.05, 0) is 27.7 Å². The molecule has 0 N–H and O–H groups in total. The van der Waals surface area contributed by atoms with Crippen molar-refractivity contribution < 1.29 is 9.53 Å². The van der Waals surface area contributed by atoms with Crippen LogP contribution in [0.25, 0.3) is 0 Å². The van der Waals surface area contributed by atoms with Crippen LogP contribution < -0.4 is 0 Å². The molecule has 4 heteroatoms. The van der Waals surface area contributed by atoms with Gasteiger partial charge < -0.3 is 14.5 Å². The Kier molecular flexibility index (Phi) is 3.60. The van der Waals surface area contributed by atoms with Gasteiger partial charge in [0, 0.05) is 20.1 Å². The highest BCUT2D eigenvalue weighted by molar-refractivity contribution is 5.74. The zero-order valence-electron chi connectivity index (χ0n) is 10.4. The number of ether oxygens (including phenoxy) is 1. The summed E-state index contributed by atoms with van der Waals surface area (Å²) >= 11 is 0. The molecule has 0 radical (unpaired) electrons. The highest BCUT2D eigenvalue weighted by Gasteiger charge is 2.34. The quantitative estimate of drug-likeness (QED) is 0.663. The van der Waals surface area contributed by atoms with E-state index in [4.69, 9.17) is 4.74 Å². The van der Waals surface area contributed by atoms with Gasteiger partial charge in [-0.25, -0.2) is 4.79 Å². The Morgan fingerprint density at radius 1 is 1.60 bits per heavy atom. The van der Waals surface area contributed by atoms with Crippen LogP contribution in [0.3, 0.4) is 0 Å². The minimum atomic E-state index is -0.234. The minimum Gasteiger partial charge on any atom is -0.369 e. The van der Waals surface area contributed by atoms with Crippen LogP contribution in [0.5, 0.6) is 0 Å². The Morgan fingerprint density at radius 3 is 2.67 bits per heavy atom. The highest BCUT2D eigenvalue weighted by Crippen LogP contribution is 2.21. The average Bonchev–Trinajstić information content (AvgIpc) is 2.12. The molecule has 0 aromatic carbocycles. The SMILES string of the molecule is CCN(C)C(=O)N1CC(C)OC(C)(C)C1. The summed E-state index contributed by atoms with van der Waals surface area (Å²) in [5.41, 5.74) is -0.234. The van der Waals surface area contributed by atoms with E-state index in [1.54, 1.807) is 4.90 Å². The van der Waals surface area contributed by atoms with Gasteiger partial charge >= 0.3 is 6.03 Å². The molecule has 1 aliphatic heterocycles. The Labute approximate surface area is 92.2 Å². The number of amides is 2. The molecule has 0 aliphatic carbocycles. The zero-order chi connectivity index (χ0) is 11.6. The lowest BCUT2D eigenvalue weighted by molar-refractivity contribution is -0.119. The highest BCUT2D eigenvalue weighted by atomic mass is 16.5. The molecular formula is C11H22N2O2. The third kappa shape index (κ3) is 3.09. The number of carbonyl (C=O) groups excluding carboxylic acids is 1. The molecule has 88 valence electrons. The first-order chi connectivity index (χ1) is 6.85. The van der Waals surface area contributed by atoms with Crippen molar-refractivity contribution in [3.05, 3.63) is 0 Å². The van der Waals surface area contributed by atoms with Crippen LogP contribution in [-0.4, -0.2) is 54.2 Å². The van der Waals surface area contributed by atoms with Gasteiger partial charge in [-0.3, -0.25) is 0 Å². The molecular weight excluding hydrogens is 192 g/mol. The van der Waals surface area contributed by atoms with Crippen molar-refractivity contribution >= 4 is 6.03 Å². The summed E-state index contributed by atoms with van der Waals surface area (Å²) < 4.78 is 5.76. The predicted octanol–water partition coefficient (Wildman–Crippen LogP) is 1.56. The number of rotatable bonds is 1. The Morgan fingerprint density at radius 2 is 2.20 bits per heavy atom. The molecule has 0 aromatic rings. The third-order valence-corrected chi connectivity index (χ3v) is 2.64. The van der Waals surface area contributed by atoms with E-state index < -0.39 is 0 Å². The fourth-order valence-electron chi connectivity index (χ4n) is 1.98. The normalized spacial score (nSPS) is 25.1. The van der Waals surface area contributed by atoms with Crippen LogP contribution in [0.15, 0.2) is 0 Å². The Hall–Kier alpha value is -0.770. The summed E-state index contributed by atoms with van der Waals surface area (Å²) in [6.45, 7) is 10.1. The Balaban J connectivity index is 2.66. The van der Waals surface area contributed by atoms with E-state index in [9.17, 15) is 4.79 Å². The fraction of sp³-hybridized carbons (Fsp3) is 0.909. The first kappa shape index (κ1) is 12.3. The molecule has 0 saturated carbocycles. The Bertz CT molecular complexity index is 241. The average molecular weight is 214 g/mol. The standard InChI is InChI=1S/C11H22N2O2/c1-6-12(5)10(14)13-7-9(2)15-11(3,4)8-13/h9H,6-8H2,1-5H3. The van der Waals surface area contributed by atoms with Crippen molar-refractivity contribution in [1.29, 1.82) is 0 Å². The molecule has 15 heavy (non-hydrogen) atoms. The second kappa shape index (κ2) is 4.39. The smallest absolute Gasteiger partial charge is 0.319 e. The number of urea groups is 1. The van der Waals surface area contributed by atoms with Crippen LogP contribution in [-0.2, 0) is 4.74 Å². The molecule has 0 aromatic heterocycles. The van der Waals surface area contributed by atoms with E-state index in [2.05, 4.69) is 0 Å². The van der Waals surface area contributed by atoms with E-state index in [1.165, 1.54) is 0 Å². The number of hydrogen-bond donors (Lipinski definition) is 0. The second-order valence-corrected chi connectivity index (χ2v) is 4.87. The molecule has 1 atom stereocenters. The summed E-state index contributed by atoms with van der Waals surface area (Å²) in [7, 11) is 1.83. The summed E-state index contributed by atoms with van der Waals surface area (Å²) in [4.78, 5) is 15.6. The monoisotopic (exact) mass is 214 g/mol. The van der Waals surface area contributed by atoms with Crippen molar-refractivity contribution in [1.82, 2.24) is 9.80 Å². The molecule has 1 saturated heterocycles. The summed E-state index contributed by atoms with van der Waals surface area (Å²) in [5, 5.41) is 0. The number of nitrogens with zero attached hydrogens (tertiary/aromatic N) is 2. The predicted molar refractivity (Wildman–Crippen MR) is 59.9 cm³/mol. The van der Waals surface area contributed by atoms with Gasteiger partial charge in [-0.2, -0.15) is 0 Å². The van der Waals surface area contributed by atoms with Gasteiger partial charge in [-0.1, -0.05) is 0 Å². The number of carbonyl (C=O) groups is 1. The zero-order valence-corrected chi connectivity index (χ0v) is 10.4. The molecule has 2 amide bonds. The van der Waals surface area contributed by atoms with Crippen molar-refractivity contribution in [2.24, 2.45) is 0 Å². The minimum absolute atomic E-state index is 0.0979. The third-order valence-electron chi connectivity index (χ3n) is 2.64. The van der Waals surface area contributed by atoms with Gasteiger partial charge in [-0.15, -0.1) is 0 Å². The lowest BCUT2D eigenvalue weighted by atomic mass is 10.1. The van der Waals surface area contributed by atoms with Crippen molar-refractivity contribution in [3.8, 4) is 0 Å². The second-order valence-electron chi connectivity index (χ2n) is 4.87. The first-order valence-electron chi connectivity index (χ1n) is 5.53. The van der Waals surface area contributed by atoms with E-state index in [0.717, 1.165) is 6.54 Å². The topological polar surface area (TPSA) is 32.8 Å². The van der Waals surface area contributed by atoms with Crippen LogP contribution in [0.4, 0.5) is 4.79 Å². The molecule has 1 aliphatic rings. The molecule has 0 bridgehead atoms. The van der Waals surface area contributed by atoms with Crippen molar-refractivity contribution in [2.75, 3.05) is 26.7 Å². The number of morpholine rings is 1. The van der Waals surface area contributed by atoms with E-state index >= 15 is 0 Å². The molecule has 1 heterocycles. The lowest BCUT2D eigenvalue weighted by Gasteiger charge is -2.42. The van der Waals surface area contributed by atoms with E-state index in [0.29, 0.717) is 13.1 Å².